The lowest BCUT2D eigenvalue weighted by Gasteiger charge is -2.10. The molecule has 3 aromatic rings. The number of rotatable bonds is 5. The third kappa shape index (κ3) is 4.64. The van der Waals surface area contributed by atoms with Crippen molar-refractivity contribution < 1.29 is 4.79 Å². The van der Waals surface area contributed by atoms with Crippen LogP contribution in [0.2, 0.25) is 5.02 Å². The molecule has 4 rings (SSSR count). The first-order valence-corrected chi connectivity index (χ1v) is 11.8. The van der Waals surface area contributed by atoms with Crippen LogP contribution in [0, 0.1) is 0 Å². The van der Waals surface area contributed by atoms with Crippen molar-refractivity contribution >= 4 is 56.6 Å². The summed E-state index contributed by atoms with van der Waals surface area (Å²) in [5, 5.41) is 3.66. The largest absolute Gasteiger partial charge is 0.352 e. The fraction of sp³-hybridized carbons (Fsp3) is 0.167. The van der Waals surface area contributed by atoms with Crippen molar-refractivity contribution in [2.24, 2.45) is 4.99 Å². The second kappa shape index (κ2) is 9.38. The van der Waals surface area contributed by atoms with Crippen LogP contribution in [-0.2, 0) is 0 Å². The van der Waals surface area contributed by atoms with E-state index in [4.69, 9.17) is 16.6 Å². The molecule has 1 aliphatic rings. The zero-order valence-corrected chi connectivity index (χ0v) is 19.6. The summed E-state index contributed by atoms with van der Waals surface area (Å²) >= 11 is 11.5. The number of fused-ring (bicyclic) bond motifs is 2. The summed E-state index contributed by atoms with van der Waals surface area (Å²) in [7, 11) is 0. The van der Waals surface area contributed by atoms with Crippen LogP contribution in [0.3, 0.4) is 0 Å². The number of amides is 1. The van der Waals surface area contributed by atoms with Crippen LogP contribution in [0.15, 0.2) is 79.9 Å². The lowest BCUT2D eigenvalue weighted by Crippen LogP contribution is -2.24. The number of hydrogen-bond acceptors (Lipinski definition) is 3. The molecule has 0 bridgehead atoms. The van der Waals surface area contributed by atoms with Crippen LogP contribution >= 0.6 is 39.3 Å². The highest BCUT2D eigenvalue weighted by atomic mass is 79.9. The van der Waals surface area contributed by atoms with E-state index in [1.807, 2.05) is 60.7 Å². The molecule has 0 aliphatic carbocycles. The van der Waals surface area contributed by atoms with Gasteiger partial charge in [0, 0.05) is 42.5 Å². The number of hydrogen-bond donors (Lipinski definition) is 1. The minimum atomic E-state index is -0.0692. The van der Waals surface area contributed by atoms with Crippen molar-refractivity contribution in [2.45, 2.75) is 29.6 Å². The third-order valence-electron chi connectivity index (χ3n) is 4.79. The molecule has 3 nitrogen and oxygen atoms in total. The van der Waals surface area contributed by atoms with Crippen LogP contribution < -0.4 is 5.32 Å². The molecule has 1 amide bonds. The Morgan fingerprint density at radius 2 is 1.97 bits per heavy atom. The zero-order valence-electron chi connectivity index (χ0n) is 16.4. The monoisotopic (exact) mass is 498 g/mol. The maximum absolute atomic E-state index is 12.6. The molecule has 3 aromatic carbocycles. The highest BCUT2D eigenvalue weighted by Gasteiger charge is 2.20. The molecule has 1 heterocycles. The number of benzene rings is 3. The molecule has 1 aliphatic heterocycles. The second-order valence-corrected chi connectivity index (χ2v) is 9.44. The standard InChI is InChI=1S/C24H20BrClN2OS/c1-2-3-11-27-24(29)16-7-10-21-20(13-16)28-23(15-5-4-6-17(25)12-15)19-9-8-18(26)14-22(19)30-21/h4-10,12-14H,2-3,11H2,1H3,(H,27,29). The molecule has 0 unspecified atom stereocenters. The Morgan fingerprint density at radius 3 is 2.77 bits per heavy atom. The molecule has 0 fully saturated rings. The van der Waals surface area contributed by atoms with Gasteiger partial charge in [0.15, 0.2) is 0 Å². The number of carbonyl (C=O) groups is 1. The Labute approximate surface area is 194 Å². The van der Waals surface area contributed by atoms with E-state index in [1.165, 1.54) is 0 Å². The van der Waals surface area contributed by atoms with Gasteiger partial charge in [0.2, 0.25) is 0 Å². The second-order valence-electron chi connectivity index (χ2n) is 7.01. The summed E-state index contributed by atoms with van der Waals surface area (Å²) in [5.74, 6) is -0.0692. The normalized spacial score (nSPS) is 12.4. The minimum absolute atomic E-state index is 0.0692. The SMILES string of the molecule is CCCCNC(=O)c1ccc2c(c1)N=C(c1cccc(Br)c1)c1ccc(Cl)cc1S2. The summed E-state index contributed by atoms with van der Waals surface area (Å²) in [6, 6.07) is 19.6. The molecule has 0 aromatic heterocycles. The maximum atomic E-state index is 12.6. The van der Waals surface area contributed by atoms with Crippen molar-refractivity contribution in [2.75, 3.05) is 6.54 Å². The molecule has 0 spiro atoms. The van der Waals surface area contributed by atoms with Crippen LogP contribution in [-0.4, -0.2) is 18.2 Å². The maximum Gasteiger partial charge on any atom is 0.251 e. The fourth-order valence-corrected chi connectivity index (χ4v) is 4.92. The van der Waals surface area contributed by atoms with Gasteiger partial charge in [-0.15, -0.1) is 0 Å². The van der Waals surface area contributed by atoms with Gasteiger partial charge in [0.25, 0.3) is 5.91 Å². The number of aliphatic imine (C=N–C) groups is 1. The summed E-state index contributed by atoms with van der Waals surface area (Å²) < 4.78 is 0.986. The number of unbranched alkanes of at least 4 members (excludes halogenated alkanes) is 1. The van der Waals surface area contributed by atoms with Gasteiger partial charge < -0.3 is 5.32 Å². The molecule has 152 valence electrons. The molecule has 0 radical (unpaired) electrons. The van der Waals surface area contributed by atoms with E-state index in [9.17, 15) is 4.79 Å². The smallest absolute Gasteiger partial charge is 0.251 e. The Bertz CT molecular complexity index is 1150. The van der Waals surface area contributed by atoms with Crippen molar-refractivity contribution in [3.05, 3.63) is 86.8 Å². The first-order chi connectivity index (χ1) is 14.5. The Morgan fingerprint density at radius 1 is 1.10 bits per heavy atom. The van der Waals surface area contributed by atoms with Crippen LogP contribution in [0.25, 0.3) is 0 Å². The van der Waals surface area contributed by atoms with Gasteiger partial charge in [-0.05, 0) is 48.9 Å². The van der Waals surface area contributed by atoms with E-state index in [0.717, 1.165) is 49.6 Å². The third-order valence-corrected chi connectivity index (χ3v) is 6.64. The summed E-state index contributed by atoms with van der Waals surface area (Å²) in [6.45, 7) is 2.78. The summed E-state index contributed by atoms with van der Waals surface area (Å²) in [4.78, 5) is 19.6. The predicted molar refractivity (Wildman–Crippen MR) is 129 cm³/mol. The molecule has 6 heteroatoms. The fourth-order valence-electron chi connectivity index (χ4n) is 3.24. The van der Waals surface area contributed by atoms with Crippen LogP contribution in [0.5, 0.6) is 0 Å². The van der Waals surface area contributed by atoms with Gasteiger partial charge in [-0.3, -0.25) is 4.79 Å². The van der Waals surface area contributed by atoms with Gasteiger partial charge in [0.1, 0.15) is 0 Å². The van der Waals surface area contributed by atoms with Gasteiger partial charge in [-0.1, -0.05) is 70.8 Å². The molecular weight excluding hydrogens is 480 g/mol. The van der Waals surface area contributed by atoms with E-state index in [-0.39, 0.29) is 5.91 Å². The highest BCUT2D eigenvalue weighted by molar-refractivity contribution is 9.10. The van der Waals surface area contributed by atoms with Gasteiger partial charge in [-0.2, -0.15) is 0 Å². The Hall–Kier alpha value is -2.08. The number of carbonyl (C=O) groups excluding carboxylic acids is 1. The minimum Gasteiger partial charge on any atom is -0.352 e. The predicted octanol–water partition coefficient (Wildman–Crippen LogP) is 7.27. The lowest BCUT2D eigenvalue weighted by molar-refractivity contribution is 0.0953. The van der Waals surface area contributed by atoms with E-state index in [2.05, 4.69) is 28.2 Å². The zero-order chi connectivity index (χ0) is 21.1. The Balaban J connectivity index is 1.81. The van der Waals surface area contributed by atoms with Crippen molar-refractivity contribution in [1.29, 1.82) is 0 Å². The average molecular weight is 500 g/mol. The van der Waals surface area contributed by atoms with Gasteiger partial charge >= 0.3 is 0 Å². The number of nitrogens with one attached hydrogen (secondary N) is 1. The molecule has 0 saturated carbocycles. The first-order valence-electron chi connectivity index (χ1n) is 9.80. The van der Waals surface area contributed by atoms with Crippen molar-refractivity contribution in [3.8, 4) is 0 Å². The Kier molecular flexibility index (Phi) is 6.61. The quantitative estimate of drug-likeness (QED) is 0.293. The van der Waals surface area contributed by atoms with Crippen molar-refractivity contribution in [3.63, 3.8) is 0 Å². The lowest BCUT2D eigenvalue weighted by atomic mass is 10.0. The number of nitrogens with zero attached hydrogens (tertiary/aromatic N) is 1. The van der Waals surface area contributed by atoms with Gasteiger partial charge in [0.05, 0.1) is 11.4 Å². The molecule has 1 N–H and O–H groups in total. The molecule has 30 heavy (non-hydrogen) atoms. The van der Waals surface area contributed by atoms with E-state index >= 15 is 0 Å². The first kappa shape index (κ1) is 21.2. The van der Waals surface area contributed by atoms with E-state index in [1.54, 1.807) is 11.8 Å². The van der Waals surface area contributed by atoms with Crippen molar-refractivity contribution in [1.82, 2.24) is 5.32 Å². The highest BCUT2D eigenvalue weighted by Crippen LogP contribution is 2.42. The van der Waals surface area contributed by atoms with Crippen LogP contribution in [0.1, 0.15) is 41.3 Å². The van der Waals surface area contributed by atoms with Gasteiger partial charge in [-0.25, -0.2) is 4.99 Å². The summed E-state index contributed by atoms with van der Waals surface area (Å²) in [6.07, 6.45) is 2.01. The topological polar surface area (TPSA) is 41.5 Å². The van der Waals surface area contributed by atoms with E-state index < -0.39 is 0 Å². The van der Waals surface area contributed by atoms with Crippen LogP contribution in [0.4, 0.5) is 5.69 Å². The number of halogens is 2. The molecule has 0 saturated heterocycles. The average Bonchev–Trinajstić information content (AvgIpc) is 2.89. The molecular formula is C24H20BrClN2OS. The summed E-state index contributed by atoms with van der Waals surface area (Å²) in [5.41, 5.74) is 4.28. The van der Waals surface area contributed by atoms with E-state index in [0.29, 0.717) is 17.1 Å². The molecule has 0 atom stereocenters.